The number of aromatic nitrogens is 4. The van der Waals surface area contributed by atoms with Crippen molar-refractivity contribution in [2.75, 3.05) is 0 Å². The van der Waals surface area contributed by atoms with Gasteiger partial charge >= 0.3 is 0 Å². The van der Waals surface area contributed by atoms with Gasteiger partial charge in [-0.3, -0.25) is 0 Å². The Hall–Kier alpha value is -6.72. The van der Waals surface area contributed by atoms with Crippen LogP contribution in [0.5, 0.6) is 0 Å². The van der Waals surface area contributed by atoms with Gasteiger partial charge in [0, 0.05) is 50.0 Å². The number of nitrogens with zero attached hydrogens (tertiary/aromatic N) is 4. The van der Waals surface area contributed by atoms with Crippen molar-refractivity contribution in [3.63, 3.8) is 0 Å². The van der Waals surface area contributed by atoms with Gasteiger partial charge in [-0.2, -0.15) is 0 Å². The third kappa shape index (κ3) is 6.93. The van der Waals surface area contributed by atoms with Crippen LogP contribution in [0.3, 0.4) is 0 Å². The molecule has 0 unspecified atom stereocenters. The van der Waals surface area contributed by atoms with Crippen molar-refractivity contribution in [1.29, 1.82) is 0 Å². The third-order valence-electron chi connectivity index (χ3n) is 16.7. The quantitative estimate of drug-likeness (QED) is 0.156. The van der Waals surface area contributed by atoms with Crippen LogP contribution in [-0.4, -0.2) is 129 Å². The van der Waals surface area contributed by atoms with E-state index >= 15 is 0 Å². The van der Waals surface area contributed by atoms with E-state index in [0.29, 0.717) is 17.5 Å². The zero-order valence-electron chi connectivity index (χ0n) is 43.1. The summed E-state index contributed by atoms with van der Waals surface area (Å²) < 4.78 is 9.25. The van der Waals surface area contributed by atoms with Crippen LogP contribution in [0.15, 0.2) is 114 Å². The number of benzene rings is 8. The molecule has 0 N–H and O–H groups in total. The zero-order chi connectivity index (χ0) is 49.2. The van der Waals surface area contributed by atoms with Crippen molar-refractivity contribution in [2.24, 2.45) is 0 Å². The fourth-order valence-corrected chi connectivity index (χ4v) is 11.6. The highest BCUT2D eigenvalue weighted by Crippen LogP contribution is 2.38. The first-order valence-electron chi connectivity index (χ1n) is 24.6. The highest BCUT2D eigenvalue weighted by Gasteiger charge is 2.25. The molecule has 0 fully saturated rings. The summed E-state index contributed by atoms with van der Waals surface area (Å²) in [5, 5.41) is 4.54. The molecular weight excluding hydrogens is 836 g/mol. The molecule has 0 saturated heterocycles. The average Bonchev–Trinajstić information content (AvgIpc) is 3.91. The third-order valence-corrected chi connectivity index (χ3v) is 16.7. The summed E-state index contributed by atoms with van der Waals surface area (Å²) in [6.07, 6.45) is 0. The second-order valence-corrected chi connectivity index (χ2v) is 20.0. The normalized spacial score (nSPS) is 11.7. The lowest BCUT2D eigenvalue weighted by Crippen LogP contribution is -2.57. The largest absolute Gasteiger partial charge is 0.456 e. The van der Waals surface area contributed by atoms with Gasteiger partial charge in [0.2, 0.25) is 0 Å². The predicted molar refractivity (Wildman–Crippen MR) is 343 cm³/mol. The Morgan fingerprint density at radius 2 is 0.729 bits per heavy atom. The van der Waals surface area contributed by atoms with Gasteiger partial charge < -0.3 is 8.98 Å². The van der Waals surface area contributed by atoms with Gasteiger partial charge in [0.15, 0.2) is 17.5 Å². The Morgan fingerprint density at radius 3 is 1.34 bits per heavy atom. The molecule has 318 valence electrons. The van der Waals surface area contributed by atoms with Gasteiger partial charge in [-0.25, -0.2) is 15.0 Å². The van der Waals surface area contributed by atoms with Crippen molar-refractivity contribution in [3.05, 3.63) is 109 Å². The highest BCUT2D eigenvalue weighted by atomic mass is 16.3. The number of hydrogen-bond acceptors (Lipinski definition) is 4. The average molecular weight is 882 g/mol. The first kappa shape index (κ1) is 45.7. The highest BCUT2D eigenvalue weighted by molar-refractivity contribution is 6.71. The molecule has 5 nitrogen and oxygen atoms in total. The lowest BCUT2D eigenvalue weighted by molar-refractivity contribution is 0.668. The van der Waals surface area contributed by atoms with Gasteiger partial charge in [0.05, 0.1) is 11.0 Å². The fourth-order valence-electron chi connectivity index (χ4n) is 11.6. The maximum atomic E-state index is 6.88. The van der Waals surface area contributed by atoms with Crippen LogP contribution >= 0.6 is 0 Å². The van der Waals surface area contributed by atoms with Gasteiger partial charge in [0.1, 0.15) is 121 Å². The van der Waals surface area contributed by atoms with Gasteiger partial charge in [-0.1, -0.05) is 105 Å². The van der Waals surface area contributed by atoms with Crippen molar-refractivity contribution in [3.8, 4) is 62.1 Å². The topological polar surface area (TPSA) is 56.7 Å². The first-order chi connectivity index (χ1) is 33.5. The lowest BCUT2D eigenvalue weighted by atomic mass is 9.56. The van der Waals surface area contributed by atoms with Crippen LogP contribution < -0.4 is 76.5 Å². The minimum absolute atomic E-state index is 0.616. The summed E-state index contributed by atoms with van der Waals surface area (Å²) >= 11 is 0. The second kappa shape index (κ2) is 17.0. The Labute approximate surface area is 422 Å². The molecule has 0 aliphatic heterocycles. The van der Waals surface area contributed by atoms with Crippen LogP contribution in [0.25, 0.3) is 106 Å². The minimum Gasteiger partial charge on any atom is -0.456 e. The number of rotatable bonds is 6. The molecule has 0 aliphatic rings. The molecule has 3 heterocycles. The molecule has 11 aromatic rings. The molecule has 3 aromatic heterocycles. The van der Waals surface area contributed by atoms with Crippen molar-refractivity contribution < 1.29 is 4.42 Å². The van der Waals surface area contributed by atoms with Crippen LogP contribution in [0.1, 0.15) is 0 Å². The first-order valence-corrected chi connectivity index (χ1v) is 24.6. The van der Waals surface area contributed by atoms with E-state index in [4.69, 9.17) is 19.4 Å². The Kier molecular flexibility index (Phi) is 11.1. The molecule has 0 spiro atoms. The van der Waals surface area contributed by atoms with E-state index in [0.717, 1.165) is 55.3 Å². The van der Waals surface area contributed by atoms with Gasteiger partial charge in [-0.05, 0) is 58.7 Å². The molecule has 0 amide bonds. The van der Waals surface area contributed by atoms with Crippen molar-refractivity contribution in [2.45, 2.75) is 0 Å². The summed E-state index contributed by atoms with van der Waals surface area (Å²) in [7, 11) is 31.4. The number of fused-ring (bicyclic) bond motifs is 6. The monoisotopic (exact) mass is 884 g/mol. The molecule has 0 bridgehead atoms. The molecule has 0 aliphatic carbocycles. The standard InChI is InChI=1S/C51H46B14N4O/c52-35-31(32-37(54)43(60)47(64)44(61)38(32)55)36(53)42(59)39(56)33(35)50-66-49(67-51(68-50)34-40(57)45(62)48(65)46(63)41(34)58)21-11-14-25-26-15-12-22(18-30(26)70-29(25)17-21)69-27-9-5-4-8-23(27)24-13-10-20(16-28(24)69)19-6-2-1-3-7-19/h1-18H,52-65H2. The van der Waals surface area contributed by atoms with Gasteiger partial charge in [-0.15, -0.1) is 38.2 Å². The second-order valence-electron chi connectivity index (χ2n) is 20.0. The number of furan rings is 1. The summed E-state index contributed by atoms with van der Waals surface area (Å²) in [6.45, 7) is 0. The van der Waals surface area contributed by atoms with Gasteiger partial charge in [0.25, 0.3) is 0 Å². The SMILES string of the molecule is Bc1c(B)c(B)c(-c2nc(-c3ccc4c(c3)oc3cc(-n5c6ccccc6c6ccc(-c7ccccc7)cc65)ccc34)nc(-c3c(B)c(B)c(B)c(-c4c(B)c(B)c(B)c(B)c4B)c3B)n2)c(B)c1B. The minimum atomic E-state index is 0.616. The molecule has 70 heavy (non-hydrogen) atoms. The van der Waals surface area contributed by atoms with E-state index in [1.807, 2.05) is 0 Å². The number of hydrogen-bond donors (Lipinski definition) is 0. The summed E-state index contributed by atoms with van der Waals surface area (Å²) in [5.74, 6) is 1.98. The van der Waals surface area contributed by atoms with E-state index < -0.39 is 0 Å². The van der Waals surface area contributed by atoms with Crippen LogP contribution in [-0.2, 0) is 0 Å². The Morgan fingerprint density at radius 1 is 0.300 bits per heavy atom. The molecule has 0 saturated carbocycles. The summed E-state index contributed by atoms with van der Waals surface area (Å²) in [4.78, 5) is 16.4. The molecule has 0 radical (unpaired) electrons. The fraction of sp³-hybridized carbons (Fsp3) is 0. The van der Waals surface area contributed by atoms with Crippen LogP contribution in [0, 0.1) is 0 Å². The predicted octanol–water partition coefficient (Wildman–Crippen LogP) is -11.2. The molecule has 19 heteroatoms. The molecule has 0 atom stereocenters. The van der Waals surface area contributed by atoms with E-state index in [1.54, 1.807) is 0 Å². The van der Waals surface area contributed by atoms with E-state index in [1.165, 1.54) is 110 Å². The van der Waals surface area contributed by atoms with Crippen molar-refractivity contribution in [1.82, 2.24) is 19.5 Å². The lowest BCUT2D eigenvalue weighted by Gasteiger charge is -2.27. The molecule has 8 aromatic carbocycles. The summed E-state index contributed by atoms with van der Waals surface area (Å²) in [6, 6.07) is 39.1. The molecular formula is C51H46B14N4O. The van der Waals surface area contributed by atoms with E-state index in [9.17, 15) is 0 Å². The van der Waals surface area contributed by atoms with E-state index in [2.05, 4.69) is 224 Å². The zero-order valence-corrected chi connectivity index (χ0v) is 43.1. The Balaban J connectivity index is 1.11. The summed E-state index contributed by atoms with van der Waals surface area (Å²) in [5.41, 5.74) is 30.8. The maximum Gasteiger partial charge on any atom is 0.164 e. The Bertz CT molecular complexity index is 4020. The van der Waals surface area contributed by atoms with Crippen LogP contribution in [0.2, 0.25) is 0 Å². The maximum absolute atomic E-state index is 6.88. The van der Waals surface area contributed by atoms with Crippen molar-refractivity contribution >= 4 is 230 Å². The smallest absolute Gasteiger partial charge is 0.164 e. The number of para-hydroxylation sites is 1. The van der Waals surface area contributed by atoms with Crippen LogP contribution in [0.4, 0.5) is 0 Å². The van der Waals surface area contributed by atoms with E-state index in [-0.39, 0.29) is 0 Å². The molecule has 11 rings (SSSR count).